The van der Waals surface area contributed by atoms with Gasteiger partial charge in [0, 0.05) is 6.04 Å². The lowest BCUT2D eigenvalue weighted by Crippen LogP contribution is -2.33. The maximum atomic E-state index is 3.79. The van der Waals surface area contributed by atoms with E-state index in [1.807, 2.05) is 0 Å². The standard InChI is InChI=1S/C15H31N/c1-5-14-7-6-8-15(10-9-14)16-11-13(4)12(2)3/h12-16H,5-11H2,1-4H3. The summed E-state index contributed by atoms with van der Waals surface area (Å²) in [5.74, 6) is 2.63. The third kappa shape index (κ3) is 4.86. The van der Waals surface area contributed by atoms with Gasteiger partial charge in [0.1, 0.15) is 0 Å². The molecule has 3 unspecified atom stereocenters. The Morgan fingerprint density at radius 2 is 1.81 bits per heavy atom. The molecular formula is C15H31N. The molecule has 0 aromatic rings. The summed E-state index contributed by atoms with van der Waals surface area (Å²) in [6.07, 6.45) is 8.55. The van der Waals surface area contributed by atoms with E-state index in [-0.39, 0.29) is 0 Å². The zero-order valence-corrected chi connectivity index (χ0v) is 11.8. The first-order valence-corrected chi connectivity index (χ1v) is 7.36. The van der Waals surface area contributed by atoms with E-state index < -0.39 is 0 Å². The molecule has 1 fully saturated rings. The monoisotopic (exact) mass is 225 g/mol. The molecule has 0 bridgehead atoms. The van der Waals surface area contributed by atoms with Crippen molar-refractivity contribution in [2.24, 2.45) is 17.8 Å². The third-order valence-corrected chi connectivity index (χ3v) is 4.53. The predicted octanol–water partition coefficient (Wildman–Crippen LogP) is 4.23. The predicted molar refractivity (Wildman–Crippen MR) is 72.7 cm³/mol. The normalized spacial score (nSPS) is 29.1. The van der Waals surface area contributed by atoms with Crippen molar-refractivity contribution in [1.29, 1.82) is 0 Å². The van der Waals surface area contributed by atoms with Gasteiger partial charge in [-0.2, -0.15) is 0 Å². The van der Waals surface area contributed by atoms with Gasteiger partial charge in [-0.15, -0.1) is 0 Å². The molecule has 0 heterocycles. The minimum absolute atomic E-state index is 0.803. The van der Waals surface area contributed by atoms with Crippen LogP contribution < -0.4 is 5.32 Å². The highest BCUT2D eigenvalue weighted by molar-refractivity contribution is 4.75. The van der Waals surface area contributed by atoms with Crippen molar-refractivity contribution in [2.75, 3.05) is 6.54 Å². The van der Waals surface area contributed by atoms with E-state index in [0.717, 1.165) is 23.8 Å². The molecule has 1 rings (SSSR count). The van der Waals surface area contributed by atoms with Crippen molar-refractivity contribution in [1.82, 2.24) is 5.32 Å². The molecule has 0 aliphatic heterocycles. The lowest BCUT2D eigenvalue weighted by atomic mass is 9.96. The summed E-state index contributed by atoms with van der Waals surface area (Å²) in [6.45, 7) is 10.6. The Balaban J connectivity index is 2.22. The first-order chi connectivity index (χ1) is 7.63. The van der Waals surface area contributed by atoms with Crippen molar-refractivity contribution in [3.8, 4) is 0 Å². The van der Waals surface area contributed by atoms with E-state index in [9.17, 15) is 0 Å². The second-order valence-electron chi connectivity index (χ2n) is 6.11. The summed E-state index contributed by atoms with van der Waals surface area (Å²) >= 11 is 0. The van der Waals surface area contributed by atoms with Crippen LogP contribution >= 0.6 is 0 Å². The van der Waals surface area contributed by atoms with Gasteiger partial charge in [-0.05, 0) is 43.6 Å². The molecule has 16 heavy (non-hydrogen) atoms. The zero-order valence-electron chi connectivity index (χ0n) is 11.8. The molecule has 1 heteroatoms. The van der Waals surface area contributed by atoms with Gasteiger partial charge in [-0.1, -0.05) is 47.0 Å². The number of hydrogen-bond donors (Lipinski definition) is 1. The highest BCUT2D eigenvalue weighted by atomic mass is 14.9. The van der Waals surface area contributed by atoms with Crippen LogP contribution in [-0.2, 0) is 0 Å². The molecule has 1 saturated carbocycles. The summed E-state index contributed by atoms with van der Waals surface area (Å²) < 4.78 is 0. The van der Waals surface area contributed by atoms with Gasteiger partial charge in [0.2, 0.25) is 0 Å². The van der Waals surface area contributed by atoms with Crippen LogP contribution in [0.5, 0.6) is 0 Å². The van der Waals surface area contributed by atoms with Gasteiger partial charge in [0.05, 0.1) is 0 Å². The van der Waals surface area contributed by atoms with Crippen molar-refractivity contribution in [3.05, 3.63) is 0 Å². The summed E-state index contributed by atoms with van der Waals surface area (Å²) in [5.41, 5.74) is 0. The lowest BCUT2D eigenvalue weighted by molar-refractivity contribution is 0.350. The van der Waals surface area contributed by atoms with Crippen LogP contribution in [0.25, 0.3) is 0 Å². The van der Waals surface area contributed by atoms with Crippen LogP contribution in [0.2, 0.25) is 0 Å². The van der Waals surface area contributed by atoms with Crippen molar-refractivity contribution >= 4 is 0 Å². The van der Waals surface area contributed by atoms with Gasteiger partial charge in [0.25, 0.3) is 0 Å². The fraction of sp³-hybridized carbons (Fsp3) is 1.00. The smallest absolute Gasteiger partial charge is 0.00672 e. The highest BCUT2D eigenvalue weighted by Crippen LogP contribution is 2.25. The Labute approximate surface area is 102 Å². The third-order valence-electron chi connectivity index (χ3n) is 4.53. The molecular weight excluding hydrogens is 194 g/mol. The van der Waals surface area contributed by atoms with E-state index in [1.54, 1.807) is 0 Å². The van der Waals surface area contributed by atoms with E-state index in [1.165, 1.54) is 45.1 Å². The first kappa shape index (κ1) is 14.0. The summed E-state index contributed by atoms with van der Waals surface area (Å²) in [5, 5.41) is 3.79. The highest BCUT2D eigenvalue weighted by Gasteiger charge is 2.18. The number of hydrogen-bond acceptors (Lipinski definition) is 1. The number of rotatable bonds is 5. The van der Waals surface area contributed by atoms with Crippen LogP contribution in [-0.4, -0.2) is 12.6 Å². The fourth-order valence-corrected chi connectivity index (χ4v) is 2.58. The zero-order chi connectivity index (χ0) is 12.0. The van der Waals surface area contributed by atoms with Crippen LogP contribution in [0, 0.1) is 17.8 Å². The van der Waals surface area contributed by atoms with Gasteiger partial charge in [-0.25, -0.2) is 0 Å². The second kappa shape index (κ2) is 7.32. The quantitative estimate of drug-likeness (QED) is 0.691. The molecule has 0 radical (unpaired) electrons. The molecule has 0 aromatic carbocycles. The fourth-order valence-electron chi connectivity index (χ4n) is 2.58. The molecule has 96 valence electrons. The SMILES string of the molecule is CCC1CCCC(NCC(C)C(C)C)CC1. The molecule has 1 N–H and O–H groups in total. The van der Waals surface area contributed by atoms with E-state index >= 15 is 0 Å². The maximum absolute atomic E-state index is 3.79. The van der Waals surface area contributed by atoms with E-state index in [2.05, 4.69) is 33.0 Å². The van der Waals surface area contributed by atoms with Crippen molar-refractivity contribution < 1.29 is 0 Å². The summed E-state index contributed by atoms with van der Waals surface area (Å²) in [4.78, 5) is 0. The van der Waals surface area contributed by atoms with Crippen LogP contribution in [0.15, 0.2) is 0 Å². The van der Waals surface area contributed by atoms with Crippen LogP contribution in [0.4, 0.5) is 0 Å². The van der Waals surface area contributed by atoms with Crippen molar-refractivity contribution in [3.63, 3.8) is 0 Å². The van der Waals surface area contributed by atoms with Crippen LogP contribution in [0.3, 0.4) is 0 Å². The van der Waals surface area contributed by atoms with E-state index in [0.29, 0.717) is 0 Å². The van der Waals surface area contributed by atoms with Gasteiger partial charge in [0.15, 0.2) is 0 Å². The largest absolute Gasteiger partial charge is 0.314 e. The Kier molecular flexibility index (Phi) is 6.41. The minimum atomic E-state index is 0.803. The summed E-state index contributed by atoms with van der Waals surface area (Å²) in [7, 11) is 0. The Morgan fingerprint density at radius 3 is 2.44 bits per heavy atom. The minimum Gasteiger partial charge on any atom is -0.314 e. The van der Waals surface area contributed by atoms with Gasteiger partial charge in [-0.3, -0.25) is 0 Å². The molecule has 1 aliphatic carbocycles. The topological polar surface area (TPSA) is 12.0 Å². The first-order valence-electron chi connectivity index (χ1n) is 7.36. The van der Waals surface area contributed by atoms with Crippen LogP contribution in [0.1, 0.15) is 66.2 Å². The molecule has 0 amide bonds. The average Bonchev–Trinajstić information content (AvgIpc) is 2.50. The molecule has 0 aromatic heterocycles. The second-order valence-corrected chi connectivity index (χ2v) is 6.11. The molecule has 3 atom stereocenters. The van der Waals surface area contributed by atoms with Gasteiger partial charge >= 0.3 is 0 Å². The summed E-state index contributed by atoms with van der Waals surface area (Å²) in [6, 6.07) is 0.803. The maximum Gasteiger partial charge on any atom is 0.00672 e. The Morgan fingerprint density at radius 1 is 1.06 bits per heavy atom. The Bertz CT molecular complexity index is 176. The van der Waals surface area contributed by atoms with Gasteiger partial charge < -0.3 is 5.32 Å². The Hall–Kier alpha value is -0.0400. The average molecular weight is 225 g/mol. The van der Waals surface area contributed by atoms with E-state index in [4.69, 9.17) is 0 Å². The molecule has 1 aliphatic rings. The molecule has 0 saturated heterocycles. The molecule has 1 nitrogen and oxygen atoms in total. The lowest BCUT2D eigenvalue weighted by Gasteiger charge is -2.21. The molecule has 0 spiro atoms. The number of nitrogens with one attached hydrogen (secondary N) is 1. The van der Waals surface area contributed by atoms with Crippen molar-refractivity contribution in [2.45, 2.75) is 72.3 Å².